The SMILES string of the molecule is Cc1cc2[nH]c(CN3C(=O)c4ccccc4C3=O)cc2nc1N. The zero-order chi connectivity index (χ0) is 16.1. The number of carbonyl (C=O) groups excluding carboxylic acids is 2. The molecular formula is C17H14N4O2. The van der Waals surface area contributed by atoms with E-state index in [1.165, 1.54) is 4.90 Å². The van der Waals surface area contributed by atoms with Gasteiger partial charge in [0.05, 0.1) is 28.7 Å². The number of nitrogen functional groups attached to an aromatic ring is 1. The summed E-state index contributed by atoms with van der Waals surface area (Å²) in [6.45, 7) is 2.06. The fraction of sp³-hybridized carbons (Fsp3) is 0.118. The number of H-pyrrole nitrogens is 1. The zero-order valence-electron chi connectivity index (χ0n) is 12.5. The van der Waals surface area contributed by atoms with Crippen molar-refractivity contribution in [2.24, 2.45) is 0 Å². The van der Waals surface area contributed by atoms with Gasteiger partial charge in [-0.15, -0.1) is 0 Å². The van der Waals surface area contributed by atoms with Gasteiger partial charge in [0.15, 0.2) is 0 Å². The second-order valence-electron chi connectivity index (χ2n) is 5.66. The van der Waals surface area contributed by atoms with Crippen molar-refractivity contribution in [2.45, 2.75) is 13.5 Å². The van der Waals surface area contributed by atoms with Gasteiger partial charge in [0.2, 0.25) is 0 Å². The molecule has 0 spiro atoms. The number of aromatic nitrogens is 2. The Labute approximate surface area is 131 Å². The molecule has 0 radical (unpaired) electrons. The molecule has 0 fully saturated rings. The molecular weight excluding hydrogens is 292 g/mol. The number of imide groups is 1. The van der Waals surface area contributed by atoms with E-state index in [0.29, 0.717) is 16.9 Å². The molecule has 2 aromatic heterocycles. The van der Waals surface area contributed by atoms with E-state index in [9.17, 15) is 9.59 Å². The first-order valence-corrected chi connectivity index (χ1v) is 7.24. The monoisotopic (exact) mass is 306 g/mol. The lowest BCUT2D eigenvalue weighted by molar-refractivity contribution is 0.0640. The lowest BCUT2D eigenvalue weighted by Crippen LogP contribution is -2.29. The molecule has 2 amide bonds. The number of aromatic amines is 1. The molecule has 6 heteroatoms. The number of rotatable bonds is 2. The molecule has 1 aromatic carbocycles. The first-order valence-electron chi connectivity index (χ1n) is 7.24. The van der Waals surface area contributed by atoms with Crippen molar-refractivity contribution in [3.8, 4) is 0 Å². The Hall–Kier alpha value is -3.15. The number of hydrogen-bond donors (Lipinski definition) is 2. The maximum absolute atomic E-state index is 12.4. The van der Waals surface area contributed by atoms with Crippen LogP contribution in [0.5, 0.6) is 0 Å². The molecule has 0 atom stereocenters. The molecule has 0 saturated carbocycles. The average Bonchev–Trinajstić information content (AvgIpc) is 3.02. The van der Waals surface area contributed by atoms with Gasteiger partial charge in [0.1, 0.15) is 5.82 Å². The highest BCUT2D eigenvalue weighted by atomic mass is 16.2. The Morgan fingerprint density at radius 1 is 1.13 bits per heavy atom. The summed E-state index contributed by atoms with van der Waals surface area (Å²) in [5, 5.41) is 0. The van der Waals surface area contributed by atoms with Crippen LogP contribution in [0.1, 0.15) is 32.0 Å². The summed E-state index contributed by atoms with van der Waals surface area (Å²) in [4.78, 5) is 33.5. The lowest BCUT2D eigenvalue weighted by Gasteiger charge is -2.12. The van der Waals surface area contributed by atoms with Crippen LogP contribution < -0.4 is 5.73 Å². The molecule has 0 bridgehead atoms. The summed E-state index contributed by atoms with van der Waals surface area (Å²) in [6.07, 6.45) is 0. The van der Waals surface area contributed by atoms with E-state index in [1.54, 1.807) is 24.3 Å². The third-order valence-corrected chi connectivity index (χ3v) is 4.09. The third-order valence-electron chi connectivity index (χ3n) is 4.09. The van der Waals surface area contributed by atoms with Crippen molar-refractivity contribution in [1.82, 2.24) is 14.9 Å². The summed E-state index contributed by atoms with van der Waals surface area (Å²) in [7, 11) is 0. The van der Waals surface area contributed by atoms with Crippen molar-refractivity contribution < 1.29 is 9.59 Å². The van der Waals surface area contributed by atoms with E-state index in [-0.39, 0.29) is 18.4 Å². The van der Waals surface area contributed by atoms with Gasteiger partial charge in [-0.3, -0.25) is 14.5 Å². The number of aryl methyl sites for hydroxylation is 1. The predicted octanol–water partition coefficient (Wildman–Crippen LogP) is 2.25. The molecule has 3 N–H and O–H groups in total. The van der Waals surface area contributed by atoms with Crippen LogP contribution in [-0.4, -0.2) is 26.7 Å². The first kappa shape index (κ1) is 13.5. The van der Waals surface area contributed by atoms with Crippen LogP contribution in [0.4, 0.5) is 5.82 Å². The minimum absolute atomic E-state index is 0.182. The van der Waals surface area contributed by atoms with E-state index in [4.69, 9.17) is 5.73 Å². The molecule has 1 aliphatic rings. The second-order valence-corrected chi connectivity index (χ2v) is 5.66. The Morgan fingerprint density at radius 3 is 2.43 bits per heavy atom. The molecule has 3 heterocycles. The first-order chi connectivity index (χ1) is 11.0. The fourth-order valence-corrected chi connectivity index (χ4v) is 2.87. The number of nitrogens with zero attached hydrogens (tertiary/aromatic N) is 2. The summed E-state index contributed by atoms with van der Waals surface area (Å²) in [5.41, 5.74) is 9.90. The Morgan fingerprint density at radius 2 is 1.78 bits per heavy atom. The highest BCUT2D eigenvalue weighted by Crippen LogP contribution is 2.25. The standard InChI is InChI=1S/C17H14N4O2/c1-9-6-13-14(20-15(9)18)7-10(19-13)8-21-16(22)11-4-2-3-5-12(11)17(21)23/h2-7,19H,8H2,1H3,(H2,18,20). The number of pyridine rings is 1. The molecule has 3 aromatic rings. The molecule has 0 aliphatic carbocycles. The van der Waals surface area contributed by atoms with Crippen LogP contribution in [0.2, 0.25) is 0 Å². The number of nitrogens with two attached hydrogens (primary N) is 1. The maximum atomic E-state index is 12.4. The van der Waals surface area contributed by atoms with Crippen LogP contribution in [0, 0.1) is 6.92 Å². The lowest BCUT2D eigenvalue weighted by atomic mass is 10.1. The van der Waals surface area contributed by atoms with Gasteiger partial charge in [0.25, 0.3) is 11.8 Å². The van der Waals surface area contributed by atoms with E-state index in [2.05, 4.69) is 9.97 Å². The van der Waals surface area contributed by atoms with Crippen molar-refractivity contribution in [3.05, 3.63) is 58.8 Å². The average molecular weight is 306 g/mol. The Balaban J connectivity index is 1.69. The molecule has 1 aliphatic heterocycles. The zero-order valence-corrected chi connectivity index (χ0v) is 12.5. The minimum Gasteiger partial charge on any atom is -0.383 e. The molecule has 23 heavy (non-hydrogen) atoms. The van der Waals surface area contributed by atoms with E-state index < -0.39 is 0 Å². The summed E-state index contributed by atoms with van der Waals surface area (Å²) in [6, 6.07) is 10.6. The minimum atomic E-state index is -0.270. The maximum Gasteiger partial charge on any atom is 0.261 e. The highest BCUT2D eigenvalue weighted by Gasteiger charge is 2.35. The smallest absolute Gasteiger partial charge is 0.261 e. The number of nitrogens with one attached hydrogen (secondary N) is 1. The number of benzene rings is 1. The normalized spacial score (nSPS) is 13.9. The summed E-state index contributed by atoms with van der Waals surface area (Å²) in [5.74, 6) is -0.0652. The van der Waals surface area contributed by atoms with Gasteiger partial charge in [-0.05, 0) is 36.8 Å². The van der Waals surface area contributed by atoms with Gasteiger partial charge >= 0.3 is 0 Å². The van der Waals surface area contributed by atoms with E-state index in [1.807, 2.05) is 19.1 Å². The van der Waals surface area contributed by atoms with Crippen LogP contribution >= 0.6 is 0 Å². The quantitative estimate of drug-likeness (QED) is 0.710. The van der Waals surface area contributed by atoms with Gasteiger partial charge in [-0.2, -0.15) is 0 Å². The number of fused-ring (bicyclic) bond motifs is 2. The van der Waals surface area contributed by atoms with Crippen LogP contribution in [0.15, 0.2) is 36.4 Å². The van der Waals surface area contributed by atoms with Crippen molar-refractivity contribution in [1.29, 1.82) is 0 Å². The second kappa shape index (κ2) is 4.67. The summed E-state index contributed by atoms with van der Waals surface area (Å²) >= 11 is 0. The van der Waals surface area contributed by atoms with E-state index in [0.717, 1.165) is 22.3 Å². The van der Waals surface area contributed by atoms with Gasteiger partial charge in [-0.1, -0.05) is 12.1 Å². The van der Waals surface area contributed by atoms with Gasteiger partial charge in [-0.25, -0.2) is 4.98 Å². The fourth-order valence-electron chi connectivity index (χ4n) is 2.87. The molecule has 4 rings (SSSR count). The Bertz CT molecular complexity index is 900. The topological polar surface area (TPSA) is 92.1 Å². The van der Waals surface area contributed by atoms with Crippen LogP contribution in [-0.2, 0) is 6.54 Å². The summed E-state index contributed by atoms with van der Waals surface area (Å²) < 4.78 is 0. The van der Waals surface area contributed by atoms with Crippen LogP contribution in [0.25, 0.3) is 11.0 Å². The molecule has 6 nitrogen and oxygen atoms in total. The molecule has 114 valence electrons. The van der Waals surface area contributed by atoms with Gasteiger partial charge < -0.3 is 10.7 Å². The number of amides is 2. The van der Waals surface area contributed by atoms with E-state index >= 15 is 0 Å². The van der Waals surface area contributed by atoms with Gasteiger partial charge in [0, 0.05) is 5.69 Å². The number of anilines is 1. The largest absolute Gasteiger partial charge is 0.383 e. The number of carbonyl (C=O) groups is 2. The molecule has 0 unspecified atom stereocenters. The molecule has 0 saturated heterocycles. The Kier molecular flexibility index (Phi) is 2.74. The van der Waals surface area contributed by atoms with Crippen LogP contribution in [0.3, 0.4) is 0 Å². The third kappa shape index (κ3) is 1.99. The van der Waals surface area contributed by atoms with Crippen molar-refractivity contribution >= 4 is 28.7 Å². The predicted molar refractivity (Wildman–Crippen MR) is 85.9 cm³/mol. The van der Waals surface area contributed by atoms with Crippen molar-refractivity contribution in [3.63, 3.8) is 0 Å². The van der Waals surface area contributed by atoms with Crippen molar-refractivity contribution in [2.75, 3.05) is 5.73 Å². The number of hydrogen-bond acceptors (Lipinski definition) is 4. The highest BCUT2D eigenvalue weighted by molar-refractivity contribution is 6.21.